The molecule has 0 amide bonds. The molecule has 1 aromatic carbocycles. The Hall–Kier alpha value is -2.46. The maximum atomic E-state index is 4.67. The van der Waals surface area contributed by atoms with E-state index in [0.717, 1.165) is 36.7 Å². The lowest BCUT2D eigenvalue weighted by Gasteiger charge is -2.22. The van der Waals surface area contributed by atoms with Gasteiger partial charge in [0, 0.05) is 29.2 Å². The lowest BCUT2D eigenvalue weighted by atomic mass is 9.89. The zero-order valence-corrected chi connectivity index (χ0v) is 17.7. The van der Waals surface area contributed by atoms with Gasteiger partial charge in [-0.2, -0.15) is 5.10 Å². The van der Waals surface area contributed by atoms with E-state index in [1.807, 2.05) is 46.2 Å². The zero-order chi connectivity index (χ0) is 20.2. The van der Waals surface area contributed by atoms with Crippen molar-refractivity contribution < 1.29 is 0 Å². The Morgan fingerprint density at radius 3 is 2.14 bits per heavy atom. The molecule has 1 saturated heterocycles. The lowest BCUT2D eigenvalue weighted by Crippen LogP contribution is -2.28. The Balaban J connectivity index is 0.000000660. The largest absolute Gasteiger partial charge is 0.317 e. The van der Waals surface area contributed by atoms with E-state index in [-0.39, 0.29) is 0 Å². The first-order valence-corrected chi connectivity index (χ1v) is 10.7. The molecule has 4 rings (SSSR count). The zero-order valence-electron chi connectivity index (χ0n) is 17.7. The van der Waals surface area contributed by atoms with Crippen LogP contribution >= 0.6 is 0 Å². The van der Waals surface area contributed by atoms with E-state index in [2.05, 4.69) is 56.9 Å². The fourth-order valence-electron chi connectivity index (χ4n) is 3.53. The van der Waals surface area contributed by atoms with Crippen molar-refractivity contribution in [1.82, 2.24) is 20.5 Å². The predicted octanol–water partition coefficient (Wildman–Crippen LogP) is 5.73. The van der Waals surface area contributed by atoms with Crippen LogP contribution in [0.15, 0.2) is 54.9 Å². The van der Waals surface area contributed by atoms with Crippen molar-refractivity contribution in [2.75, 3.05) is 13.1 Å². The van der Waals surface area contributed by atoms with E-state index < -0.39 is 0 Å². The van der Waals surface area contributed by atoms with Gasteiger partial charge in [-0.15, -0.1) is 0 Å². The molecule has 0 bridgehead atoms. The van der Waals surface area contributed by atoms with E-state index in [1.54, 1.807) is 0 Å². The molecule has 28 heavy (non-hydrogen) atoms. The molecule has 150 valence electrons. The highest BCUT2D eigenvalue weighted by Crippen LogP contribution is 2.34. The second kappa shape index (κ2) is 12.1. The number of H-pyrrole nitrogens is 1. The van der Waals surface area contributed by atoms with E-state index >= 15 is 0 Å². The van der Waals surface area contributed by atoms with Crippen LogP contribution in [0.25, 0.3) is 22.4 Å². The highest BCUT2D eigenvalue weighted by atomic mass is 15.1. The van der Waals surface area contributed by atoms with Crippen LogP contribution in [0.4, 0.5) is 0 Å². The first kappa shape index (κ1) is 21.8. The Labute approximate surface area is 169 Å². The van der Waals surface area contributed by atoms with Crippen LogP contribution in [0.1, 0.15) is 46.2 Å². The summed E-state index contributed by atoms with van der Waals surface area (Å²) in [5, 5.41) is 11.4. The second-order valence-electron chi connectivity index (χ2n) is 6.43. The van der Waals surface area contributed by atoms with Crippen molar-refractivity contribution >= 4 is 0 Å². The van der Waals surface area contributed by atoms with Crippen molar-refractivity contribution in [3.05, 3.63) is 60.6 Å². The number of aromatic nitrogens is 3. The number of rotatable bonds is 4. The van der Waals surface area contributed by atoms with Crippen LogP contribution in [0, 0.1) is 5.92 Å². The highest BCUT2D eigenvalue weighted by Gasteiger charge is 2.21. The number of hydrogen-bond donors (Lipinski definition) is 2. The third-order valence-corrected chi connectivity index (χ3v) is 4.81. The maximum absolute atomic E-state index is 4.67. The number of nitrogens with one attached hydrogen (secondary N) is 2. The van der Waals surface area contributed by atoms with E-state index in [0.29, 0.717) is 0 Å². The molecule has 1 aliphatic heterocycles. The SMILES string of the molecule is CC.CC.c1ccc(-c2n[nH]c(CC3CCNCC3)c2-c2ccncc2)cc1. The first-order chi connectivity index (χ1) is 13.9. The molecule has 2 aromatic heterocycles. The number of nitrogens with zero attached hydrogens (tertiary/aromatic N) is 2. The number of benzene rings is 1. The smallest absolute Gasteiger partial charge is 0.100 e. The molecule has 1 aliphatic rings. The van der Waals surface area contributed by atoms with Gasteiger partial charge in [-0.05, 0) is 56.0 Å². The standard InChI is InChI=1S/C20H22N4.2C2H6/c1-2-4-17(5-3-1)20-19(16-8-12-22-13-9-16)18(23-24-20)14-15-6-10-21-11-7-15;2*1-2/h1-5,8-9,12-13,15,21H,6-7,10-11,14H2,(H,23,24);2*1-2H3. The fraction of sp³-hybridized carbons (Fsp3) is 0.417. The summed E-state index contributed by atoms with van der Waals surface area (Å²) in [6.45, 7) is 10.2. The average molecular weight is 379 g/mol. The molecule has 4 heteroatoms. The predicted molar refractivity (Wildman–Crippen MR) is 119 cm³/mol. The van der Waals surface area contributed by atoms with Crippen molar-refractivity contribution in [3.8, 4) is 22.4 Å². The Kier molecular flexibility index (Phi) is 9.43. The molecule has 4 nitrogen and oxygen atoms in total. The summed E-state index contributed by atoms with van der Waals surface area (Å²) in [4.78, 5) is 4.16. The maximum Gasteiger partial charge on any atom is 0.100 e. The molecule has 0 radical (unpaired) electrons. The Bertz CT molecular complexity index is 775. The highest BCUT2D eigenvalue weighted by molar-refractivity contribution is 5.82. The molecule has 0 spiro atoms. The molecular weight excluding hydrogens is 344 g/mol. The van der Waals surface area contributed by atoms with E-state index in [1.165, 1.54) is 29.7 Å². The van der Waals surface area contributed by atoms with Crippen LogP contribution in [0.2, 0.25) is 0 Å². The summed E-state index contributed by atoms with van der Waals surface area (Å²) < 4.78 is 0. The van der Waals surface area contributed by atoms with Gasteiger partial charge < -0.3 is 5.32 Å². The minimum absolute atomic E-state index is 0.718. The van der Waals surface area contributed by atoms with E-state index in [4.69, 9.17) is 0 Å². The number of piperidine rings is 1. The van der Waals surface area contributed by atoms with Crippen LogP contribution in [-0.2, 0) is 6.42 Å². The van der Waals surface area contributed by atoms with Crippen LogP contribution in [0.3, 0.4) is 0 Å². The summed E-state index contributed by atoms with van der Waals surface area (Å²) in [7, 11) is 0. The molecule has 3 aromatic rings. The minimum Gasteiger partial charge on any atom is -0.317 e. The summed E-state index contributed by atoms with van der Waals surface area (Å²) in [5.41, 5.74) is 5.83. The lowest BCUT2D eigenvalue weighted by molar-refractivity contribution is 0.370. The summed E-state index contributed by atoms with van der Waals surface area (Å²) >= 11 is 0. The van der Waals surface area contributed by atoms with Gasteiger partial charge in [-0.3, -0.25) is 10.1 Å². The average Bonchev–Trinajstić information content (AvgIpc) is 3.22. The first-order valence-electron chi connectivity index (χ1n) is 10.7. The molecule has 0 aliphatic carbocycles. The van der Waals surface area contributed by atoms with E-state index in [9.17, 15) is 0 Å². The van der Waals surface area contributed by atoms with Crippen LogP contribution in [-0.4, -0.2) is 28.3 Å². The Morgan fingerprint density at radius 1 is 0.857 bits per heavy atom. The van der Waals surface area contributed by atoms with Crippen molar-refractivity contribution in [1.29, 1.82) is 0 Å². The number of aromatic amines is 1. The molecular formula is C24H34N4. The summed E-state index contributed by atoms with van der Waals surface area (Å²) in [5.74, 6) is 0.718. The monoisotopic (exact) mass is 378 g/mol. The van der Waals surface area contributed by atoms with Gasteiger partial charge in [0.15, 0.2) is 0 Å². The Morgan fingerprint density at radius 2 is 1.50 bits per heavy atom. The van der Waals surface area contributed by atoms with Crippen LogP contribution in [0.5, 0.6) is 0 Å². The van der Waals surface area contributed by atoms with Crippen LogP contribution < -0.4 is 5.32 Å². The van der Waals surface area contributed by atoms with Gasteiger partial charge in [0.1, 0.15) is 5.69 Å². The summed E-state index contributed by atoms with van der Waals surface area (Å²) in [6, 6.07) is 14.6. The topological polar surface area (TPSA) is 53.6 Å². The fourth-order valence-corrected chi connectivity index (χ4v) is 3.53. The number of hydrogen-bond acceptors (Lipinski definition) is 3. The number of pyridine rings is 1. The molecule has 0 unspecified atom stereocenters. The summed E-state index contributed by atoms with van der Waals surface area (Å²) in [6.07, 6.45) is 7.22. The third-order valence-electron chi connectivity index (χ3n) is 4.81. The third kappa shape index (κ3) is 5.52. The van der Waals surface area contributed by atoms with Gasteiger partial charge in [-0.25, -0.2) is 0 Å². The molecule has 1 fully saturated rings. The van der Waals surface area contributed by atoms with Gasteiger partial charge >= 0.3 is 0 Å². The quantitative estimate of drug-likeness (QED) is 0.609. The molecule has 0 saturated carbocycles. The minimum atomic E-state index is 0.718. The van der Waals surface area contributed by atoms with Crippen molar-refractivity contribution in [3.63, 3.8) is 0 Å². The molecule has 2 N–H and O–H groups in total. The van der Waals surface area contributed by atoms with Gasteiger partial charge in [0.25, 0.3) is 0 Å². The van der Waals surface area contributed by atoms with Gasteiger partial charge in [-0.1, -0.05) is 58.0 Å². The molecule has 0 atom stereocenters. The normalized spacial score (nSPS) is 13.7. The molecule has 3 heterocycles. The van der Waals surface area contributed by atoms with Crippen molar-refractivity contribution in [2.24, 2.45) is 5.92 Å². The van der Waals surface area contributed by atoms with Crippen molar-refractivity contribution in [2.45, 2.75) is 47.0 Å². The van der Waals surface area contributed by atoms with Gasteiger partial charge in [0.05, 0.1) is 0 Å². The van der Waals surface area contributed by atoms with Gasteiger partial charge in [0.2, 0.25) is 0 Å². The second-order valence-corrected chi connectivity index (χ2v) is 6.43.